The smallest absolute Gasteiger partial charge is 0.342 e. The maximum Gasteiger partial charge on any atom is 0.342 e. The van der Waals surface area contributed by atoms with E-state index >= 15 is 0 Å². The lowest BCUT2D eigenvalue weighted by molar-refractivity contribution is -0.144. The highest BCUT2D eigenvalue weighted by molar-refractivity contribution is 6.57. The molecule has 0 amide bonds. The Labute approximate surface area is 94.3 Å². The number of alkyl halides is 2. The molecule has 0 rings (SSSR count). The van der Waals surface area contributed by atoms with Gasteiger partial charge in [-0.25, -0.2) is 4.79 Å². The molecule has 0 heterocycles. The minimum Gasteiger partial charge on any atom is -0.463 e. The van der Waals surface area contributed by atoms with Crippen LogP contribution in [-0.2, 0) is 9.53 Å². The number of esters is 1. The summed E-state index contributed by atoms with van der Waals surface area (Å²) < 4.78 is 3.37. The number of aliphatic hydroxyl groups excluding tert-OH is 1. The molecule has 0 aromatic rings. The molecule has 0 spiro atoms. The second kappa shape index (κ2) is 7.32. The third-order valence-corrected chi connectivity index (χ3v) is 1.95. The number of unbranched alkanes of at least 4 members (excludes halogenated alkanes) is 3. The van der Waals surface area contributed by atoms with E-state index in [0.29, 0.717) is 6.61 Å². The highest BCUT2D eigenvalue weighted by Crippen LogP contribution is 2.21. The van der Waals surface area contributed by atoms with Crippen molar-refractivity contribution in [1.82, 2.24) is 0 Å². The Morgan fingerprint density at radius 1 is 1.29 bits per heavy atom. The molecule has 0 aromatic carbocycles. The van der Waals surface area contributed by atoms with E-state index in [-0.39, 0.29) is 6.61 Å². The lowest BCUT2D eigenvalue weighted by Gasteiger charge is -2.11. The first kappa shape index (κ1) is 14.0. The third kappa shape index (κ3) is 7.42. The molecule has 0 aromatic heterocycles. The number of carbonyl (C=O) groups excluding carboxylic acids is 1. The largest absolute Gasteiger partial charge is 0.463 e. The van der Waals surface area contributed by atoms with Crippen LogP contribution in [0.5, 0.6) is 0 Å². The van der Waals surface area contributed by atoms with Crippen molar-refractivity contribution < 1.29 is 14.6 Å². The molecule has 0 unspecified atom stereocenters. The highest BCUT2D eigenvalue weighted by Gasteiger charge is 2.28. The average molecular weight is 243 g/mol. The van der Waals surface area contributed by atoms with Crippen LogP contribution in [0.25, 0.3) is 0 Å². The topological polar surface area (TPSA) is 46.5 Å². The van der Waals surface area contributed by atoms with Crippen molar-refractivity contribution in [1.29, 1.82) is 0 Å². The fourth-order valence-corrected chi connectivity index (χ4v) is 0.968. The molecule has 5 heteroatoms. The molecule has 0 bridgehead atoms. The van der Waals surface area contributed by atoms with Crippen molar-refractivity contribution in [3.8, 4) is 0 Å². The molecular formula is C9H16Cl2O3. The summed E-state index contributed by atoms with van der Waals surface area (Å²) in [6.45, 7) is 1.92. The standard InChI is InChI=1S/C9H16Cl2O3/c1-9(10,11)8(13)14-7-5-3-2-4-6-12/h12H,2-7H2,1H3. The first-order valence-corrected chi connectivity index (χ1v) is 5.40. The average Bonchev–Trinajstić information content (AvgIpc) is 2.09. The minimum atomic E-state index is -1.45. The number of ether oxygens (including phenoxy) is 1. The van der Waals surface area contributed by atoms with E-state index in [0.717, 1.165) is 25.7 Å². The van der Waals surface area contributed by atoms with Gasteiger partial charge in [0, 0.05) is 6.61 Å². The van der Waals surface area contributed by atoms with Crippen LogP contribution < -0.4 is 0 Å². The summed E-state index contributed by atoms with van der Waals surface area (Å²) in [6, 6.07) is 0. The number of halogens is 2. The Morgan fingerprint density at radius 3 is 2.36 bits per heavy atom. The van der Waals surface area contributed by atoms with Gasteiger partial charge in [-0.05, 0) is 26.2 Å². The number of hydrogen-bond acceptors (Lipinski definition) is 3. The van der Waals surface area contributed by atoms with Gasteiger partial charge in [-0.2, -0.15) is 0 Å². The van der Waals surface area contributed by atoms with Crippen molar-refractivity contribution in [3.05, 3.63) is 0 Å². The summed E-state index contributed by atoms with van der Waals surface area (Å²) >= 11 is 11.0. The van der Waals surface area contributed by atoms with E-state index < -0.39 is 10.3 Å². The lowest BCUT2D eigenvalue weighted by atomic mass is 10.2. The van der Waals surface area contributed by atoms with Gasteiger partial charge in [0.05, 0.1) is 6.61 Å². The normalized spacial score (nSPS) is 11.4. The molecule has 0 radical (unpaired) electrons. The van der Waals surface area contributed by atoms with Gasteiger partial charge in [0.25, 0.3) is 0 Å². The van der Waals surface area contributed by atoms with Gasteiger partial charge in [0.15, 0.2) is 0 Å². The zero-order valence-corrected chi connectivity index (χ0v) is 9.77. The SMILES string of the molecule is CC(Cl)(Cl)C(=O)OCCCCCCO. The summed E-state index contributed by atoms with van der Waals surface area (Å²) in [4.78, 5) is 11.0. The first-order valence-electron chi connectivity index (χ1n) is 4.64. The Bertz CT molecular complexity index is 166. The van der Waals surface area contributed by atoms with Gasteiger partial charge >= 0.3 is 5.97 Å². The van der Waals surface area contributed by atoms with Crippen LogP contribution in [-0.4, -0.2) is 28.6 Å². The van der Waals surface area contributed by atoms with Crippen LogP contribution in [0.1, 0.15) is 32.6 Å². The van der Waals surface area contributed by atoms with E-state index in [1.165, 1.54) is 6.92 Å². The summed E-state index contributed by atoms with van der Waals surface area (Å²) in [5, 5.41) is 8.50. The highest BCUT2D eigenvalue weighted by atomic mass is 35.5. The fourth-order valence-electron chi connectivity index (χ4n) is 0.859. The van der Waals surface area contributed by atoms with Gasteiger partial charge in [0.2, 0.25) is 4.33 Å². The van der Waals surface area contributed by atoms with Crippen LogP contribution in [0.3, 0.4) is 0 Å². The zero-order valence-electron chi connectivity index (χ0n) is 8.26. The second-order valence-corrected chi connectivity index (χ2v) is 4.87. The van der Waals surface area contributed by atoms with Crippen LogP contribution >= 0.6 is 23.2 Å². The molecule has 0 aliphatic heterocycles. The Morgan fingerprint density at radius 2 is 1.86 bits per heavy atom. The van der Waals surface area contributed by atoms with Crippen LogP contribution in [0.2, 0.25) is 0 Å². The van der Waals surface area contributed by atoms with Crippen molar-refractivity contribution in [2.75, 3.05) is 13.2 Å². The van der Waals surface area contributed by atoms with Crippen molar-refractivity contribution >= 4 is 29.2 Å². The van der Waals surface area contributed by atoms with Gasteiger partial charge < -0.3 is 9.84 Å². The van der Waals surface area contributed by atoms with Crippen molar-refractivity contribution in [2.45, 2.75) is 36.9 Å². The van der Waals surface area contributed by atoms with Crippen LogP contribution in [0, 0.1) is 0 Å². The molecule has 0 saturated heterocycles. The summed E-state index contributed by atoms with van der Waals surface area (Å²) in [5.41, 5.74) is 0. The molecule has 84 valence electrons. The van der Waals surface area contributed by atoms with E-state index in [1.807, 2.05) is 0 Å². The Hall–Kier alpha value is 0.01000. The van der Waals surface area contributed by atoms with Gasteiger partial charge in [-0.1, -0.05) is 29.6 Å². The zero-order chi connectivity index (χ0) is 11.0. The van der Waals surface area contributed by atoms with Crippen LogP contribution in [0.15, 0.2) is 0 Å². The van der Waals surface area contributed by atoms with Gasteiger partial charge in [0.1, 0.15) is 0 Å². The predicted octanol–water partition coefficient (Wildman–Crippen LogP) is 2.28. The van der Waals surface area contributed by atoms with E-state index in [4.69, 9.17) is 33.0 Å². The molecule has 0 fully saturated rings. The monoisotopic (exact) mass is 242 g/mol. The molecule has 0 aliphatic rings. The number of carbonyl (C=O) groups is 1. The maximum absolute atomic E-state index is 11.0. The third-order valence-electron chi connectivity index (χ3n) is 1.64. The molecule has 3 nitrogen and oxygen atoms in total. The van der Waals surface area contributed by atoms with Crippen LogP contribution in [0.4, 0.5) is 0 Å². The van der Waals surface area contributed by atoms with Gasteiger partial charge in [-0.15, -0.1) is 0 Å². The van der Waals surface area contributed by atoms with E-state index in [1.54, 1.807) is 0 Å². The van der Waals surface area contributed by atoms with Crippen molar-refractivity contribution in [3.63, 3.8) is 0 Å². The van der Waals surface area contributed by atoms with Gasteiger partial charge in [-0.3, -0.25) is 0 Å². The van der Waals surface area contributed by atoms with E-state index in [9.17, 15) is 4.79 Å². The summed E-state index contributed by atoms with van der Waals surface area (Å²) in [6.07, 6.45) is 3.43. The number of hydrogen-bond donors (Lipinski definition) is 1. The Kier molecular flexibility index (Phi) is 7.33. The molecular weight excluding hydrogens is 227 g/mol. The van der Waals surface area contributed by atoms with E-state index in [2.05, 4.69) is 0 Å². The number of rotatable bonds is 7. The summed E-state index contributed by atoms with van der Waals surface area (Å²) in [7, 11) is 0. The van der Waals surface area contributed by atoms with Crippen molar-refractivity contribution in [2.24, 2.45) is 0 Å². The first-order chi connectivity index (χ1) is 6.48. The molecule has 0 saturated carbocycles. The molecule has 14 heavy (non-hydrogen) atoms. The minimum absolute atomic E-state index is 0.210. The number of aliphatic hydroxyl groups is 1. The molecule has 0 atom stereocenters. The molecule has 1 N–H and O–H groups in total. The maximum atomic E-state index is 11.0. The quantitative estimate of drug-likeness (QED) is 0.424. The fraction of sp³-hybridized carbons (Fsp3) is 0.889. The molecule has 0 aliphatic carbocycles. The lowest BCUT2D eigenvalue weighted by Crippen LogP contribution is -2.24. The second-order valence-electron chi connectivity index (χ2n) is 3.16. The predicted molar refractivity (Wildman–Crippen MR) is 56.6 cm³/mol. The Balaban J connectivity index is 3.33. The summed E-state index contributed by atoms with van der Waals surface area (Å²) in [5.74, 6) is -0.608.